The molecule has 0 saturated carbocycles. The average molecular weight is 243 g/mol. The molecule has 13 heavy (non-hydrogen) atoms. The fraction of sp³-hybridized carbons (Fsp3) is 0.222. The number of hydrogen-bond acceptors (Lipinski definition) is 2. The first-order valence-electron chi connectivity index (χ1n) is 3.84. The lowest BCUT2D eigenvalue weighted by atomic mass is 10.4. The molecule has 3 nitrogen and oxygen atoms in total. The minimum atomic E-state index is -0.0230. The molecule has 0 unspecified atom stereocenters. The number of nitrogens with zero attached hydrogens (tertiary/aromatic N) is 1. The van der Waals surface area contributed by atoms with Gasteiger partial charge in [0.05, 0.1) is 0 Å². The molecule has 0 aliphatic heterocycles. The van der Waals surface area contributed by atoms with Gasteiger partial charge in [-0.05, 0) is 6.07 Å². The van der Waals surface area contributed by atoms with E-state index in [-0.39, 0.29) is 5.56 Å². The smallest absolute Gasteiger partial charge is 0.251 e. The maximum Gasteiger partial charge on any atom is 0.251 e. The molecule has 0 radical (unpaired) electrons. The predicted octanol–water partition coefficient (Wildman–Crippen LogP) is 1.71. The summed E-state index contributed by atoms with van der Waals surface area (Å²) in [5.41, 5.74) is -0.0230. The number of hydrogen-bond donors (Lipinski definition) is 1. The number of aromatic nitrogens is 1. The molecule has 0 saturated heterocycles. The van der Waals surface area contributed by atoms with Crippen molar-refractivity contribution < 1.29 is 0 Å². The van der Waals surface area contributed by atoms with Gasteiger partial charge in [0.1, 0.15) is 5.82 Å². The van der Waals surface area contributed by atoms with Crippen LogP contribution in [0.25, 0.3) is 0 Å². The van der Waals surface area contributed by atoms with Crippen molar-refractivity contribution in [3.8, 4) is 0 Å². The zero-order valence-electron chi connectivity index (χ0n) is 7.38. The van der Waals surface area contributed by atoms with Crippen molar-refractivity contribution in [2.45, 2.75) is 0 Å². The molecular weight excluding hydrogens is 232 g/mol. The van der Waals surface area contributed by atoms with Gasteiger partial charge in [-0.25, -0.2) is 0 Å². The average Bonchev–Trinajstić information content (AvgIpc) is 2.07. The van der Waals surface area contributed by atoms with Crippen molar-refractivity contribution in [1.82, 2.24) is 4.57 Å². The molecule has 0 spiro atoms. The molecule has 0 atom stereocenters. The molecule has 1 rings (SSSR count). The molecule has 70 valence electrons. The second-order valence-electron chi connectivity index (χ2n) is 2.68. The topological polar surface area (TPSA) is 34.0 Å². The van der Waals surface area contributed by atoms with Crippen molar-refractivity contribution in [2.24, 2.45) is 7.05 Å². The molecule has 0 aromatic carbocycles. The van der Waals surface area contributed by atoms with Crippen LogP contribution in [0.1, 0.15) is 0 Å². The Morgan fingerprint density at radius 2 is 2.38 bits per heavy atom. The Bertz CT molecular complexity index is 370. The molecule has 0 aliphatic carbocycles. The summed E-state index contributed by atoms with van der Waals surface area (Å²) in [6.07, 6.45) is 0. The van der Waals surface area contributed by atoms with Crippen molar-refractivity contribution >= 4 is 21.7 Å². The summed E-state index contributed by atoms with van der Waals surface area (Å²) in [4.78, 5) is 11.2. The van der Waals surface area contributed by atoms with Crippen molar-refractivity contribution in [1.29, 1.82) is 0 Å². The second kappa shape index (κ2) is 4.28. The Balaban J connectivity index is 2.83. The highest BCUT2D eigenvalue weighted by atomic mass is 79.9. The Morgan fingerprint density at radius 3 is 3.00 bits per heavy atom. The SMILES string of the molecule is C=C(Br)CNc1cccc(=O)n1C. The van der Waals surface area contributed by atoms with Gasteiger partial charge in [0.25, 0.3) is 5.56 Å². The van der Waals surface area contributed by atoms with Crippen LogP contribution >= 0.6 is 15.9 Å². The second-order valence-corrected chi connectivity index (χ2v) is 3.80. The monoisotopic (exact) mass is 242 g/mol. The number of rotatable bonds is 3. The van der Waals surface area contributed by atoms with Gasteiger partial charge in [0, 0.05) is 24.1 Å². The summed E-state index contributed by atoms with van der Waals surface area (Å²) in [6, 6.07) is 5.09. The predicted molar refractivity (Wildman–Crippen MR) is 58.2 cm³/mol. The normalized spacial score (nSPS) is 9.69. The molecule has 0 amide bonds. The van der Waals surface area contributed by atoms with E-state index in [2.05, 4.69) is 27.8 Å². The van der Waals surface area contributed by atoms with E-state index in [0.29, 0.717) is 6.54 Å². The third-order valence-corrected chi connectivity index (χ3v) is 1.93. The van der Waals surface area contributed by atoms with Crippen LogP contribution in [0.4, 0.5) is 5.82 Å². The summed E-state index contributed by atoms with van der Waals surface area (Å²) in [5.74, 6) is 0.785. The van der Waals surface area contributed by atoms with E-state index in [9.17, 15) is 4.79 Å². The van der Waals surface area contributed by atoms with Crippen LogP contribution < -0.4 is 10.9 Å². The Labute approximate surface area is 85.2 Å². The molecular formula is C9H11BrN2O. The maximum absolute atomic E-state index is 11.2. The highest BCUT2D eigenvalue weighted by Gasteiger charge is 1.96. The molecule has 1 aromatic rings. The zero-order chi connectivity index (χ0) is 9.84. The van der Waals surface area contributed by atoms with Gasteiger partial charge in [0.15, 0.2) is 0 Å². The van der Waals surface area contributed by atoms with Crippen LogP contribution in [0.5, 0.6) is 0 Å². The lowest BCUT2D eigenvalue weighted by Crippen LogP contribution is -2.19. The molecule has 0 bridgehead atoms. The minimum Gasteiger partial charge on any atom is -0.367 e. The van der Waals surface area contributed by atoms with Crippen LogP contribution in [-0.4, -0.2) is 11.1 Å². The van der Waals surface area contributed by atoms with Crippen LogP contribution in [0.2, 0.25) is 0 Å². The molecule has 1 N–H and O–H groups in total. The molecule has 4 heteroatoms. The number of pyridine rings is 1. The zero-order valence-corrected chi connectivity index (χ0v) is 8.97. The highest BCUT2D eigenvalue weighted by molar-refractivity contribution is 9.11. The van der Waals surface area contributed by atoms with Crippen molar-refractivity contribution in [3.05, 3.63) is 39.6 Å². The lowest BCUT2D eigenvalue weighted by molar-refractivity contribution is 0.863. The van der Waals surface area contributed by atoms with E-state index >= 15 is 0 Å². The molecule has 1 aromatic heterocycles. The first kappa shape index (κ1) is 10.1. The first-order valence-corrected chi connectivity index (χ1v) is 4.64. The van der Waals surface area contributed by atoms with Gasteiger partial charge in [-0.3, -0.25) is 9.36 Å². The van der Waals surface area contributed by atoms with Crippen LogP contribution in [-0.2, 0) is 7.05 Å². The number of nitrogens with one attached hydrogen (secondary N) is 1. The maximum atomic E-state index is 11.2. The molecule has 0 aliphatic rings. The van der Waals surface area contributed by atoms with E-state index in [4.69, 9.17) is 0 Å². The standard InChI is InChI=1S/C9H11BrN2O/c1-7(10)6-11-8-4-3-5-9(13)12(8)2/h3-5,11H,1,6H2,2H3. The Kier molecular flexibility index (Phi) is 3.31. The Hall–Kier alpha value is -1.03. The van der Waals surface area contributed by atoms with E-state index < -0.39 is 0 Å². The third-order valence-electron chi connectivity index (χ3n) is 1.65. The quantitative estimate of drug-likeness (QED) is 0.876. The van der Waals surface area contributed by atoms with Gasteiger partial charge in [-0.15, -0.1) is 0 Å². The van der Waals surface area contributed by atoms with Crippen LogP contribution in [0.15, 0.2) is 34.1 Å². The van der Waals surface area contributed by atoms with Gasteiger partial charge in [-0.1, -0.05) is 28.6 Å². The van der Waals surface area contributed by atoms with Crippen LogP contribution in [0, 0.1) is 0 Å². The van der Waals surface area contributed by atoms with E-state index in [0.717, 1.165) is 10.3 Å². The lowest BCUT2D eigenvalue weighted by Gasteiger charge is -2.09. The third kappa shape index (κ3) is 2.73. The summed E-state index contributed by atoms with van der Waals surface area (Å²) in [5, 5.41) is 3.07. The van der Waals surface area contributed by atoms with Gasteiger partial charge >= 0.3 is 0 Å². The van der Waals surface area contributed by atoms with Gasteiger partial charge in [-0.2, -0.15) is 0 Å². The summed E-state index contributed by atoms with van der Waals surface area (Å²) in [6.45, 7) is 4.30. The fourth-order valence-corrected chi connectivity index (χ4v) is 1.07. The van der Waals surface area contributed by atoms with Crippen molar-refractivity contribution in [2.75, 3.05) is 11.9 Å². The summed E-state index contributed by atoms with van der Waals surface area (Å²) in [7, 11) is 1.72. The van der Waals surface area contributed by atoms with Gasteiger partial charge < -0.3 is 5.32 Å². The van der Waals surface area contributed by atoms with Gasteiger partial charge in [0.2, 0.25) is 0 Å². The van der Waals surface area contributed by atoms with Crippen molar-refractivity contribution in [3.63, 3.8) is 0 Å². The minimum absolute atomic E-state index is 0.0230. The summed E-state index contributed by atoms with van der Waals surface area (Å²) >= 11 is 3.23. The van der Waals surface area contributed by atoms with E-state index in [1.165, 1.54) is 6.07 Å². The molecule has 0 fully saturated rings. The van der Waals surface area contributed by atoms with Crippen LogP contribution in [0.3, 0.4) is 0 Å². The number of halogens is 1. The number of anilines is 1. The molecule has 1 heterocycles. The van der Waals surface area contributed by atoms with E-state index in [1.54, 1.807) is 17.7 Å². The fourth-order valence-electron chi connectivity index (χ4n) is 0.928. The first-order chi connectivity index (χ1) is 6.11. The Morgan fingerprint density at radius 1 is 1.69 bits per heavy atom. The largest absolute Gasteiger partial charge is 0.367 e. The summed E-state index contributed by atoms with van der Waals surface area (Å²) < 4.78 is 2.40. The van der Waals surface area contributed by atoms with E-state index in [1.807, 2.05) is 6.07 Å². The highest BCUT2D eigenvalue weighted by Crippen LogP contribution is 2.05.